The molecule has 0 fully saturated rings. The Hall–Kier alpha value is -2.44. The number of nitriles is 1. The van der Waals surface area contributed by atoms with E-state index in [0.717, 1.165) is 0 Å². The molecule has 0 spiro atoms. The molecule has 0 aliphatic heterocycles. The van der Waals surface area contributed by atoms with Gasteiger partial charge in [-0.2, -0.15) is 5.26 Å². The highest BCUT2D eigenvalue weighted by molar-refractivity contribution is 7.89. The topological polar surface area (TPSA) is 125 Å². The van der Waals surface area contributed by atoms with E-state index in [0.29, 0.717) is 12.0 Å². The Morgan fingerprint density at radius 1 is 1.24 bits per heavy atom. The van der Waals surface area contributed by atoms with Crippen molar-refractivity contribution in [2.24, 2.45) is 5.92 Å². The molecule has 0 unspecified atom stereocenters. The number of hydrogen-bond donors (Lipinski definition) is 2. The van der Waals surface area contributed by atoms with Crippen molar-refractivity contribution in [3.63, 3.8) is 0 Å². The van der Waals surface area contributed by atoms with Gasteiger partial charge in [0, 0.05) is 0 Å². The fraction of sp³-hybridized carbons (Fsp3) is 0.438. The van der Waals surface area contributed by atoms with Crippen LogP contribution < -0.4 is 10.0 Å². The fourth-order valence-corrected chi connectivity index (χ4v) is 3.01. The lowest BCUT2D eigenvalue weighted by atomic mass is 10.0. The predicted molar refractivity (Wildman–Crippen MR) is 89.7 cm³/mol. The second kappa shape index (κ2) is 9.15. The van der Waals surface area contributed by atoms with E-state index in [9.17, 15) is 18.0 Å². The van der Waals surface area contributed by atoms with Gasteiger partial charge in [-0.25, -0.2) is 17.9 Å². The first kappa shape index (κ1) is 20.6. The molecule has 136 valence electrons. The number of nitrogens with one attached hydrogen (secondary N) is 2. The number of methoxy groups -OCH3 is 1. The zero-order valence-corrected chi connectivity index (χ0v) is 15.1. The summed E-state index contributed by atoms with van der Waals surface area (Å²) in [5.41, 5.74) is 0.325. The van der Waals surface area contributed by atoms with E-state index in [1.807, 2.05) is 19.9 Å². The molecule has 1 rings (SSSR count). The Morgan fingerprint density at radius 3 is 2.32 bits per heavy atom. The van der Waals surface area contributed by atoms with Gasteiger partial charge in [-0.05, 0) is 36.6 Å². The van der Waals surface area contributed by atoms with Crippen molar-refractivity contribution in [2.45, 2.75) is 31.2 Å². The predicted octanol–water partition coefficient (Wildman–Crippen LogP) is 0.540. The molecule has 1 amide bonds. The zero-order valence-electron chi connectivity index (χ0n) is 14.3. The summed E-state index contributed by atoms with van der Waals surface area (Å²) in [4.78, 5) is 23.5. The summed E-state index contributed by atoms with van der Waals surface area (Å²) in [6.45, 7) is 3.25. The van der Waals surface area contributed by atoms with Crippen LogP contribution in [0.25, 0.3) is 0 Å². The molecule has 0 radical (unpaired) electrons. The minimum atomic E-state index is -3.90. The van der Waals surface area contributed by atoms with E-state index in [1.165, 1.54) is 31.4 Å². The van der Waals surface area contributed by atoms with Crippen molar-refractivity contribution in [2.75, 3.05) is 13.7 Å². The van der Waals surface area contributed by atoms with Gasteiger partial charge in [-0.3, -0.25) is 4.79 Å². The molecule has 1 aromatic carbocycles. The number of rotatable bonds is 8. The van der Waals surface area contributed by atoms with Gasteiger partial charge < -0.3 is 10.1 Å². The van der Waals surface area contributed by atoms with Crippen LogP contribution in [0.2, 0.25) is 0 Å². The Morgan fingerprint density at radius 2 is 1.84 bits per heavy atom. The first-order valence-electron chi connectivity index (χ1n) is 7.56. The van der Waals surface area contributed by atoms with Crippen LogP contribution in [0.4, 0.5) is 0 Å². The van der Waals surface area contributed by atoms with E-state index in [4.69, 9.17) is 5.26 Å². The number of carbonyl (C=O) groups excluding carboxylic acids is 2. The maximum atomic E-state index is 12.1. The molecule has 1 aromatic rings. The van der Waals surface area contributed by atoms with Gasteiger partial charge in [-0.1, -0.05) is 13.8 Å². The summed E-state index contributed by atoms with van der Waals surface area (Å²) >= 11 is 0. The third-order valence-electron chi connectivity index (χ3n) is 3.24. The zero-order chi connectivity index (χ0) is 19.0. The van der Waals surface area contributed by atoms with Crippen molar-refractivity contribution < 1.29 is 22.7 Å². The molecule has 0 heterocycles. The minimum Gasteiger partial charge on any atom is -0.467 e. The first-order chi connectivity index (χ1) is 11.7. The maximum absolute atomic E-state index is 12.1. The maximum Gasteiger partial charge on any atom is 0.328 e. The molecular formula is C16H21N3O5S. The SMILES string of the molecule is COC(=O)[C@H](CC(C)C)NC(=O)CNS(=O)(=O)c1ccc(C#N)cc1. The third kappa shape index (κ3) is 6.52. The largest absolute Gasteiger partial charge is 0.467 e. The third-order valence-corrected chi connectivity index (χ3v) is 4.66. The van der Waals surface area contributed by atoms with Gasteiger partial charge in [0.2, 0.25) is 15.9 Å². The first-order valence-corrected chi connectivity index (χ1v) is 9.05. The van der Waals surface area contributed by atoms with Crippen molar-refractivity contribution >= 4 is 21.9 Å². The van der Waals surface area contributed by atoms with E-state index in [2.05, 4.69) is 14.8 Å². The van der Waals surface area contributed by atoms with Crippen molar-refractivity contribution in [1.29, 1.82) is 5.26 Å². The summed E-state index contributed by atoms with van der Waals surface area (Å²) < 4.78 is 31.0. The molecule has 8 nitrogen and oxygen atoms in total. The average Bonchev–Trinajstić information content (AvgIpc) is 2.58. The van der Waals surface area contributed by atoms with Crippen LogP contribution in [-0.4, -0.2) is 40.0 Å². The average molecular weight is 367 g/mol. The molecule has 25 heavy (non-hydrogen) atoms. The monoisotopic (exact) mass is 367 g/mol. The highest BCUT2D eigenvalue weighted by atomic mass is 32.2. The van der Waals surface area contributed by atoms with Crippen LogP contribution in [0.5, 0.6) is 0 Å². The normalized spacial score (nSPS) is 12.3. The van der Waals surface area contributed by atoms with Crippen molar-refractivity contribution in [3.8, 4) is 6.07 Å². The highest BCUT2D eigenvalue weighted by Crippen LogP contribution is 2.10. The number of amides is 1. The smallest absolute Gasteiger partial charge is 0.328 e. The van der Waals surface area contributed by atoms with Gasteiger partial charge in [0.05, 0.1) is 30.2 Å². The molecule has 0 saturated carbocycles. The van der Waals surface area contributed by atoms with Crippen LogP contribution in [0.15, 0.2) is 29.2 Å². The number of benzene rings is 1. The number of hydrogen-bond acceptors (Lipinski definition) is 6. The lowest BCUT2D eigenvalue weighted by Gasteiger charge is -2.18. The number of carbonyl (C=O) groups is 2. The second-order valence-electron chi connectivity index (χ2n) is 5.73. The van der Waals surface area contributed by atoms with Gasteiger partial charge in [0.1, 0.15) is 6.04 Å². The van der Waals surface area contributed by atoms with Gasteiger partial charge in [-0.15, -0.1) is 0 Å². The quantitative estimate of drug-likeness (QED) is 0.646. The Kier molecular flexibility index (Phi) is 7.54. The molecule has 2 N–H and O–H groups in total. The summed E-state index contributed by atoms with van der Waals surface area (Å²) in [7, 11) is -2.68. The fourth-order valence-electron chi connectivity index (χ4n) is 2.03. The Labute approximate surface area is 147 Å². The number of sulfonamides is 1. The molecule has 0 aromatic heterocycles. The molecule has 0 aliphatic rings. The van der Waals surface area contributed by atoms with Crippen LogP contribution >= 0.6 is 0 Å². The lowest BCUT2D eigenvalue weighted by molar-refractivity contribution is -0.145. The molecule has 9 heteroatoms. The number of ether oxygens (including phenoxy) is 1. The standard InChI is InChI=1S/C16H21N3O5S/c1-11(2)8-14(16(21)24-3)19-15(20)10-18-25(22,23)13-6-4-12(9-17)5-7-13/h4-7,11,14,18H,8,10H2,1-3H3,(H,19,20)/t14-/m0/s1. The van der Waals surface area contributed by atoms with Gasteiger partial charge in [0.15, 0.2) is 0 Å². The Bertz CT molecular complexity index is 751. The van der Waals surface area contributed by atoms with Gasteiger partial charge in [0.25, 0.3) is 0 Å². The molecule has 0 saturated heterocycles. The van der Waals surface area contributed by atoms with Gasteiger partial charge >= 0.3 is 5.97 Å². The van der Waals surface area contributed by atoms with Crippen LogP contribution in [0.3, 0.4) is 0 Å². The second-order valence-corrected chi connectivity index (χ2v) is 7.50. The van der Waals surface area contributed by atoms with E-state index in [-0.39, 0.29) is 10.8 Å². The van der Waals surface area contributed by atoms with Crippen LogP contribution in [-0.2, 0) is 24.3 Å². The summed E-state index contributed by atoms with van der Waals surface area (Å²) in [6, 6.07) is 6.33. The molecule has 0 bridgehead atoms. The summed E-state index contributed by atoms with van der Waals surface area (Å²) in [5, 5.41) is 11.2. The number of nitrogens with zero attached hydrogens (tertiary/aromatic N) is 1. The van der Waals surface area contributed by atoms with E-state index in [1.54, 1.807) is 0 Å². The van der Waals surface area contributed by atoms with E-state index < -0.39 is 34.5 Å². The highest BCUT2D eigenvalue weighted by Gasteiger charge is 2.23. The molecular weight excluding hydrogens is 346 g/mol. The molecule has 0 aliphatic carbocycles. The van der Waals surface area contributed by atoms with Crippen LogP contribution in [0, 0.1) is 17.2 Å². The van der Waals surface area contributed by atoms with E-state index >= 15 is 0 Å². The summed E-state index contributed by atoms with van der Waals surface area (Å²) in [5.74, 6) is -1.09. The van der Waals surface area contributed by atoms with Crippen molar-refractivity contribution in [3.05, 3.63) is 29.8 Å². The Balaban J connectivity index is 2.69. The van der Waals surface area contributed by atoms with Crippen molar-refractivity contribution in [1.82, 2.24) is 10.0 Å². The number of esters is 1. The van der Waals surface area contributed by atoms with Crippen LogP contribution in [0.1, 0.15) is 25.8 Å². The molecule has 1 atom stereocenters. The lowest BCUT2D eigenvalue weighted by Crippen LogP contribution is -2.46. The summed E-state index contributed by atoms with van der Waals surface area (Å²) in [6.07, 6.45) is 0.376. The minimum absolute atomic E-state index is 0.0639.